The first-order valence-corrected chi connectivity index (χ1v) is 5.36. The van der Waals surface area contributed by atoms with E-state index in [2.05, 4.69) is 25.4 Å². The van der Waals surface area contributed by atoms with Gasteiger partial charge in [-0.25, -0.2) is 4.98 Å². The summed E-state index contributed by atoms with van der Waals surface area (Å²) in [7, 11) is 0. The molecule has 2 aromatic rings. The second kappa shape index (κ2) is 5.25. The molecule has 0 saturated heterocycles. The van der Waals surface area contributed by atoms with Gasteiger partial charge in [0.1, 0.15) is 5.69 Å². The van der Waals surface area contributed by atoms with Crippen molar-refractivity contribution < 1.29 is 9.45 Å². The summed E-state index contributed by atoms with van der Waals surface area (Å²) in [4.78, 5) is 21.8. The van der Waals surface area contributed by atoms with Crippen LogP contribution in [0.25, 0.3) is 0 Å². The van der Waals surface area contributed by atoms with Crippen molar-refractivity contribution in [1.82, 2.24) is 20.1 Å². The van der Waals surface area contributed by atoms with Crippen molar-refractivity contribution in [3.8, 4) is 0 Å². The fourth-order valence-corrected chi connectivity index (χ4v) is 1.52. The lowest BCUT2D eigenvalue weighted by atomic mass is 10.3. The molecular weight excluding hydrogens is 254 g/mol. The van der Waals surface area contributed by atoms with Gasteiger partial charge in [-0.05, 0) is 6.92 Å². The van der Waals surface area contributed by atoms with Crippen LogP contribution < -0.4 is 11.1 Å². The Labute approximate surface area is 107 Å². The normalized spacial score (nSPS) is 10.4. The summed E-state index contributed by atoms with van der Waals surface area (Å²) in [5.41, 5.74) is 5.48. The van der Waals surface area contributed by atoms with Gasteiger partial charge in [0.05, 0.1) is 4.92 Å². The number of nitrogens with one attached hydrogen (secondary N) is 1. The monoisotopic (exact) mass is 265 g/mol. The number of hydrogen-bond acceptors (Lipinski definition) is 9. The van der Waals surface area contributed by atoms with Crippen LogP contribution in [0.2, 0.25) is 0 Å². The molecule has 0 atom stereocenters. The minimum absolute atomic E-state index is 0.0246. The third kappa shape index (κ3) is 2.91. The third-order valence-corrected chi connectivity index (χ3v) is 2.30. The van der Waals surface area contributed by atoms with E-state index >= 15 is 0 Å². The van der Waals surface area contributed by atoms with E-state index < -0.39 is 4.92 Å². The minimum Gasteiger partial charge on any atom is -0.368 e. The second-order valence-electron chi connectivity index (χ2n) is 3.63. The lowest BCUT2D eigenvalue weighted by Gasteiger charge is -2.06. The van der Waals surface area contributed by atoms with Crippen molar-refractivity contribution >= 4 is 17.5 Å². The molecule has 0 radical (unpaired) electrons. The van der Waals surface area contributed by atoms with Gasteiger partial charge in [-0.1, -0.05) is 5.16 Å². The number of nitrogens with zero attached hydrogens (tertiary/aromatic N) is 5. The van der Waals surface area contributed by atoms with Crippen LogP contribution in [0.1, 0.15) is 11.6 Å². The molecule has 2 heterocycles. The maximum Gasteiger partial charge on any atom is 0.332 e. The van der Waals surface area contributed by atoms with Crippen LogP contribution in [-0.4, -0.2) is 31.6 Å². The molecule has 0 saturated carbocycles. The standard InChI is InChI=1S/C9H11N7O3/c1-5-7(16(17)18)8(15-9(10)14-5)11-3-2-6-12-4-13-19-6/h4H,2-3H2,1H3,(H3,10,11,14,15). The average Bonchev–Trinajstić information content (AvgIpc) is 2.80. The first-order valence-electron chi connectivity index (χ1n) is 5.36. The predicted molar refractivity (Wildman–Crippen MR) is 64.3 cm³/mol. The summed E-state index contributed by atoms with van der Waals surface area (Å²) >= 11 is 0. The molecule has 3 N–H and O–H groups in total. The second-order valence-corrected chi connectivity index (χ2v) is 3.63. The lowest BCUT2D eigenvalue weighted by Crippen LogP contribution is -2.12. The number of nitrogens with two attached hydrogens (primary N) is 1. The highest BCUT2D eigenvalue weighted by molar-refractivity contribution is 5.60. The molecule has 0 bridgehead atoms. The molecule has 0 aliphatic carbocycles. The summed E-state index contributed by atoms with van der Waals surface area (Å²) in [6, 6.07) is 0. The number of nitro groups is 1. The Balaban J connectivity index is 2.12. The molecule has 0 spiro atoms. The molecule has 2 aromatic heterocycles. The van der Waals surface area contributed by atoms with E-state index in [1.54, 1.807) is 0 Å². The zero-order valence-electron chi connectivity index (χ0n) is 10.0. The Bertz CT molecular complexity index is 584. The Morgan fingerprint density at radius 2 is 2.32 bits per heavy atom. The first kappa shape index (κ1) is 12.7. The van der Waals surface area contributed by atoms with Crippen molar-refractivity contribution in [1.29, 1.82) is 0 Å². The topological polar surface area (TPSA) is 146 Å². The average molecular weight is 265 g/mol. The number of hydrogen-bond donors (Lipinski definition) is 2. The molecule has 10 heteroatoms. The van der Waals surface area contributed by atoms with Crippen molar-refractivity contribution in [3.63, 3.8) is 0 Å². The predicted octanol–water partition coefficient (Wildman–Crippen LogP) is 0.313. The van der Waals surface area contributed by atoms with Crippen molar-refractivity contribution in [3.05, 3.63) is 28.0 Å². The van der Waals surface area contributed by atoms with Crippen LogP contribution in [0.5, 0.6) is 0 Å². The van der Waals surface area contributed by atoms with E-state index in [9.17, 15) is 10.1 Å². The van der Waals surface area contributed by atoms with Gasteiger partial charge in [0.25, 0.3) is 0 Å². The molecule has 2 rings (SSSR count). The van der Waals surface area contributed by atoms with Crippen LogP contribution in [-0.2, 0) is 6.42 Å². The maximum atomic E-state index is 10.9. The molecule has 0 fully saturated rings. The fraction of sp³-hybridized carbons (Fsp3) is 0.333. The lowest BCUT2D eigenvalue weighted by molar-refractivity contribution is -0.385. The van der Waals surface area contributed by atoms with E-state index in [1.165, 1.54) is 13.3 Å². The molecule has 19 heavy (non-hydrogen) atoms. The van der Waals surface area contributed by atoms with Gasteiger partial charge in [-0.3, -0.25) is 10.1 Å². The number of rotatable bonds is 5. The van der Waals surface area contributed by atoms with E-state index in [4.69, 9.17) is 10.3 Å². The summed E-state index contributed by atoms with van der Waals surface area (Å²) in [6.07, 6.45) is 1.70. The van der Waals surface area contributed by atoms with E-state index in [1.807, 2.05) is 0 Å². The van der Waals surface area contributed by atoms with Crippen LogP contribution in [0.4, 0.5) is 17.5 Å². The minimum atomic E-state index is -0.552. The van der Waals surface area contributed by atoms with Gasteiger partial charge in [0, 0.05) is 13.0 Å². The Hall–Kier alpha value is -2.78. The molecular formula is C9H11N7O3. The summed E-state index contributed by atoms with van der Waals surface area (Å²) < 4.78 is 4.80. The fourth-order valence-electron chi connectivity index (χ4n) is 1.52. The van der Waals surface area contributed by atoms with Crippen LogP contribution >= 0.6 is 0 Å². The summed E-state index contributed by atoms with van der Waals surface area (Å²) in [5, 5.41) is 17.2. The Morgan fingerprint density at radius 1 is 1.53 bits per heavy atom. The van der Waals surface area contributed by atoms with Gasteiger partial charge >= 0.3 is 5.69 Å². The summed E-state index contributed by atoms with van der Waals surface area (Å²) in [6.45, 7) is 1.85. The number of aromatic nitrogens is 4. The number of anilines is 2. The first-order chi connectivity index (χ1) is 9.08. The van der Waals surface area contributed by atoms with Crippen LogP contribution in [0.15, 0.2) is 10.9 Å². The molecule has 0 aliphatic heterocycles. The highest BCUT2D eigenvalue weighted by Crippen LogP contribution is 2.25. The smallest absolute Gasteiger partial charge is 0.332 e. The van der Waals surface area contributed by atoms with Gasteiger partial charge in [-0.2, -0.15) is 9.97 Å². The molecule has 0 aliphatic rings. The van der Waals surface area contributed by atoms with Gasteiger partial charge in [-0.15, -0.1) is 0 Å². The SMILES string of the molecule is Cc1nc(N)nc(NCCc2ncno2)c1[N+](=O)[O-]. The van der Waals surface area contributed by atoms with Gasteiger partial charge in [0.15, 0.2) is 6.33 Å². The van der Waals surface area contributed by atoms with Gasteiger partial charge in [0.2, 0.25) is 17.7 Å². The number of aryl methyl sites for hydroxylation is 1. The van der Waals surface area contributed by atoms with E-state index in [0.717, 1.165) is 0 Å². The maximum absolute atomic E-state index is 10.9. The zero-order chi connectivity index (χ0) is 13.8. The molecule has 100 valence electrons. The van der Waals surface area contributed by atoms with E-state index in [-0.39, 0.29) is 23.1 Å². The van der Waals surface area contributed by atoms with Crippen LogP contribution in [0, 0.1) is 17.0 Å². The largest absolute Gasteiger partial charge is 0.368 e. The molecule has 0 unspecified atom stereocenters. The van der Waals surface area contributed by atoms with Gasteiger partial charge < -0.3 is 15.6 Å². The highest BCUT2D eigenvalue weighted by atomic mass is 16.6. The van der Waals surface area contributed by atoms with Crippen molar-refractivity contribution in [2.75, 3.05) is 17.6 Å². The zero-order valence-corrected chi connectivity index (χ0v) is 10.0. The third-order valence-electron chi connectivity index (χ3n) is 2.30. The van der Waals surface area contributed by atoms with Crippen molar-refractivity contribution in [2.24, 2.45) is 0 Å². The van der Waals surface area contributed by atoms with Crippen LogP contribution in [0.3, 0.4) is 0 Å². The molecule has 0 amide bonds. The highest BCUT2D eigenvalue weighted by Gasteiger charge is 2.21. The molecule has 10 nitrogen and oxygen atoms in total. The Kier molecular flexibility index (Phi) is 3.50. The summed E-state index contributed by atoms with van der Waals surface area (Å²) in [5.74, 6) is 0.479. The quantitative estimate of drug-likeness (QED) is 0.575. The number of nitrogen functional groups attached to an aromatic ring is 1. The Morgan fingerprint density at radius 3 is 2.95 bits per heavy atom. The van der Waals surface area contributed by atoms with E-state index in [0.29, 0.717) is 18.9 Å². The molecule has 0 aromatic carbocycles. The van der Waals surface area contributed by atoms with Crippen molar-refractivity contribution in [2.45, 2.75) is 13.3 Å².